The number of thiocarbonyl (C=S) groups is 1. The smallest absolute Gasteiger partial charge is 0.171 e. The lowest BCUT2D eigenvalue weighted by Crippen LogP contribution is -2.28. The molecule has 0 aliphatic carbocycles. The van der Waals surface area contributed by atoms with Crippen molar-refractivity contribution >= 4 is 23.0 Å². The van der Waals surface area contributed by atoms with Crippen molar-refractivity contribution in [2.45, 2.75) is 27.3 Å². The molecule has 3 heteroatoms. The zero-order valence-electron chi connectivity index (χ0n) is 12.2. The van der Waals surface area contributed by atoms with Crippen LogP contribution in [0.25, 0.3) is 0 Å². The maximum atomic E-state index is 5.34. The van der Waals surface area contributed by atoms with Crippen molar-refractivity contribution in [2.75, 3.05) is 5.32 Å². The van der Waals surface area contributed by atoms with Crippen molar-refractivity contribution in [3.63, 3.8) is 0 Å². The van der Waals surface area contributed by atoms with Crippen LogP contribution in [0.4, 0.5) is 5.69 Å². The first kappa shape index (κ1) is 14.5. The van der Waals surface area contributed by atoms with E-state index >= 15 is 0 Å². The summed E-state index contributed by atoms with van der Waals surface area (Å²) in [6.45, 7) is 7.02. The molecule has 0 unspecified atom stereocenters. The van der Waals surface area contributed by atoms with Crippen LogP contribution in [-0.2, 0) is 6.54 Å². The first-order valence-electron chi connectivity index (χ1n) is 6.73. The highest BCUT2D eigenvalue weighted by Crippen LogP contribution is 2.17. The van der Waals surface area contributed by atoms with E-state index in [1.807, 2.05) is 12.1 Å². The number of hydrogen-bond acceptors (Lipinski definition) is 1. The average Bonchev–Trinajstić information content (AvgIpc) is 2.43. The average molecular weight is 284 g/mol. The normalized spacial score (nSPS) is 10.2. The van der Waals surface area contributed by atoms with E-state index < -0.39 is 0 Å². The lowest BCUT2D eigenvalue weighted by molar-refractivity contribution is 0.925. The molecule has 2 aromatic rings. The summed E-state index contributed by atoms with van der Waals surface area (Å²) in [5.41, 5.74) is 6.04. The van der Waals surface area contributed by atoms with Crippen LogP contribution in [0.15, 0.2) is 42.5 Å². The van der Waals surface area contributed by atoms with Gasteiger partial charge in [-0.2, -0.15) is 0 Å². The number of nitrogens with one attached hydrogen (secondary N) is 2. The van der Waals surface area contributed by atoms with Crippen molar-refractivity contribution in [3.8, 4) is 0 Å². The van der Waals surface area contributed by atoms with Crippen LogP contribution in [0.5, 0.6) is 0 Å². The third-order valence-corrected chi connectivity index (χ3v) is 3.67. The summed E-state index contributed by atoms with van der Waals surface area (Å²) in [6, 6.07) is 14.6. The monoisotopic (exact) mass is 284 g/mol. The topological polar surface area (TPSA) is 24.1 Å². The number of benzene rings is 2. The van der Waals surface area contributed by atoms with E-state index in [0.717, 1.165) is 12.2 Å². The predicted octanol–water partition coefficient (Wildman–Crippen LogP) is 4.10. The van der Waals surface area contributed by atoms with Gasteiger partial charge >= 0.3 is 0 Å². The maximum absolute atomic E-state index is 5.34. The van der Waals surface area contributed by atoms with Crippen LogP contribution in [-0.4, -0.2) is 5.11 Å². The molecule has 0 spiro atoms. The second-order valence-corrected chi connectivity index (χ2v) is 5.45. The molecular weight excluding hydrogens is 264 g/mol. The molecule has 0 saturated heterocycles. The van der Waals surface area contributed by atoms with Gasteiger partial charge in [0.1, 0.15) is 0 Å². The number of anilines is 1. The van der Waals surface area contributed by atoms with E-state index in [0.29, 0.717) is 5.11 Å². The summed E-state index contributed by atoms with van der Waals surface area (Å²) in [5.74, 6) is 0. The molecule has 0 bridgehead atoms. The molecule has 0 aliphatic heterocycles. The largest absolute Gasteiger partial charge is 0.358 e. The molecule has 2 rings (SSSR count). The standard InChI is InChI=1S/C17H20N2S/c1-12-7-9-15(10-8-12)11-18-17(20)19-16-6-4-5-13(2)14(16)3/h4-10H,11H2,1-3H3,(H2,18,19,20). The molecular formula is C17H20N2S. The molecule has 0 radical (unpaired) electrons. The zero-order valence-corrected chi connectivity index (χ0v) is 13.0. The van der Waals surface area contributed by atoms with Gasteiger partial charge in [0.2, 0.25) is 0 Å². The molecule has 2 aromatic carbocycles. The Morgan fingerprint density at radius 1 is 1.00 bits per heavy atom. The SMILES string of the molecule is Cc1ccc(CNC(=S)Nc2cccc(C)c2C)cc1. The first-order valence-corrected chi connectivity index (χ1v) is 7.13. The molecule has 2 N–H and O–H groups in total. The van der Waals surface area contributed by atoms with E-state index in [1.54, 1.807) is 0 Å². The Morgan fingerprint density at radius 2 is 1.70 bits per heavy atom. The van der Waals surface area contributed by atoms with Gasteiger partial charge < -0.3 is 10.6 Å². The Hall–Kier alpha value is -1.87. The minimum absolute atomic E-state index is 0.652. The zero-order chi connectivity index (χ0) is 14.5. The van der Waals surface area contributed by atoms with Gasteiger partial charge in [-0.05, 0) is 55.7 Å². The molecule has 0 fully saturated rings. The van der Waals surface area contributed by atoms with E-state index in [-0.39, 0.29) is 0 Å². The van der Waals surface area contributed by atoms with Crippen molar-refractivity contribution in [3.05, 3.63) is 64.7 Å². The van der Waals surface area contributed by atoms with Crippen LogP contribution in [0, 0.1) is 20.8 Å². The summed E-state index contributed by atoms with van der Waals surface area (Å²) < 4.78 is 0. The summed E-state index contributed by atoms with van der Waals surface area (Å²) in [6.07, 6.45) is 0. The van der Waals surface area contributed by atoms with E-state index in [4.69, 9.17) is 12.2 Å². The first-order chi connectivity index (χ1) is 9.56. The van der Waals surface area contributed by atoms with Crippen LogP contribution in [0.1, 0.15) is 22.3 Å². The number of hydrogen-bond donors (Lipinski definition) is 2. The van der Waals surface area contributed by atoms with Gasteiger partial charge in [-0.15, -0.1) is 0 Å². The highest BCUT2D eigenvalue weighted by molar-refractivity contribution is 7.80. The van der Waals surface area contributed by atoms with Crippen molar-refractivity contribution in [1.29, 1.82) is 0 Å². The molecule has 0 saturated carbocycles. The summed E-state index contributed by atoms with van der Waals surface area (Å²) in [7, 11) is 0. The second kappa shape index (κ2) is 6.53. The van der Waals surface area contributed by atoms with Gasteiger partial charge in [-0.3, -0.25) is 0 Å². The number of aryl methyl sites for hydroxylation is 2. The van der Waals surface area contributed by atoms with Crippen molar-refractivity contribution < 1.29 is 0 Å². The molecule has 104 valence electrons. The summed E-state index contributed by atoms with van der Waals surface area (Å²) >= 11 is 5.34. The highest BCUT2D eigenvalue weighted by atomic mass is 32.1. The Bertz CT molecular complexity index is 603. The van der Waals surface area contributed by atoms with Crippen LogP contribution < -0.4 is 10.6 Å². The van der Waals surface area contributed by atoms with Crippen molar-refractivity contribution in [2.24, 2.45) is 0 Å². The fourth-order valence-corrected chi connectivity index (χ4v) is 2.12. The van der Waals surface area contributed by atoms with E-state index in [9.17, 15) is 0 Å². The number of rotatable bonds is 3. The van der Waals surface area contributed by atoms with E-state index in [2.05, 4.69) is 61.7 Å². The summed E-state index contributed by atoms with van der Waals surface area (Å²) in [5, 5.41) is 7.14. The minimum atomic E-state index is 0.652. The molecule has 0 amide bonds. The lowest BCUT2D eigenvalue weighted by atomic mass is 10.1. The molecule has 0 aromatic heterocycles. The van der Waals surface area contributed by atoms with Crippen LogP contribution >= 0.6 is 12.2 Å². The highest BCUT2D eigenvalue weighted by Gasteiger charge is 2.02. The Kier molecular flexibility index (Phi) is 4.74. The molecule has 0 heterocycles. The molecule has 2 nitrogen and oxygen atoms in total. The van der Waals surface area contributed by atoms with Gasteiger partial charge in [0.25, 0.3) is 0 Å². The maximum Gasteiger partial charge on any atom is 0.171 e. The lowest BCUT2D eigenvalue weighted by Gasteiger charge is -2.13. The molecule has 0 aliphatic rings. The Labute approximate surface area is 126 Å². The van der Waals surface area contributed by atoms with Gasteiger partial charge in [0.15, 0.2) is 5.11 Å². The molecule has 0 atom stereocenters. The fraction of sp³-hybridized carbons (Fsp3) is 0.235. The third kappa shape index (κ3) is 3.81. The fourth-order valence-electron chi connectivity index (χ4n) is 1.94. The quantitative estimate of drug-likeness (QED) is 0.830. The van der Waals surface area contributed by atoms with Gasteiger partial charge in [0.05, 0.1) is 0 Å². The molecule has 20 heavy (non-hydrogen) atoms. The van der Waals surface area contributed by atoms with Gasteiger partial charge in [-0.1, -0.05) is 42.0 Å². The van der Waals surface area contributed by atoms with Crippen LogP contribution in [0.3, 0.4) is 0 Å². The summed E-state index contributed by atoms with van der Waals surface area (Å²) in [4.78, 5) is 0. The third-order valence-electron chi connectivity index (χ3n) is 3.43. The van der Waals surface area contributed by atoms with Crippen molar-refractivity contribution in [1.82, 2.24) is 5.32 Å². The second-order valence-electron chi connectivity index (χ2n) is 5.04. The van der Waals surface area contributed by atoms with Gasteiger partial charge in [0, 0.05) is 12.2 Å². The van der Waals surface area contributed by atoms with E-state index in [1.165, 1.54) is 22.3 Å². The van der Waals surface area contributed by atoms with Crippen LogP contribution in [0.2, 0.25) is 0 Å². The van der Waals surface area contributed by atoms with Gasteiger partial charge in [-0.25, -0.2) is 0 Å². The minimum Gasteiger partial charge on any atom is -0.358 e. The Morgan fingerprint density at radius 3 is 2.40 bits per heavy atom. The predicted molar refractivity (Wildman–Crippen MR) is 90.2 cm³/mol. The Balaban J connectivity index is 1.92.